The van der Waals surface area contributed by atoms with Crippen LogP contribution in [-0.4, -0.2) is 30.4 Å². The number of aliphatic hydroxyl groups excluding tert-OH is 1. The molecule has 1 aromatic rings. The maximum Gasteiger partial charge on any atom is 0.243 e. The summed E-state index contributed by atoms with van der Waals surface area (Å²) < 4.78 is 26.5. The Bertz CT molecular complexity index is 509. The van der Waals surface area contributed by atoms with E-state index in [1.807, 2.05) is 20.8 Å². The lowest BCUT2D eigenvalue weighted by molar-refractivity contribution is 0.281. The molecule has 0 unspecified atom stereocenters. The van der Waals surface area contributed by atoms with Crippen LogP contribution >= 0.6 is 0 Å². The van der Waals surface area contributed by atoms with Crippen molar-refractivity contribution >= 4 is 10.0 Å². The van der Waals surface area contributed by atoms with E-state index in [9.17, 15) is 8.42 Å². The molecule has 0 radical (unpaired) electrons. The van der Waals surface area contributed by atoms with Gasteiger partial charge in [0, 0.05) is 12.6 Å². The molecule has 0 atom stereocenters. The minimum Gasteiger partial charge on any atom is -0.392 e. The first-order valence-electron chi connectivity index (χ1n) is 6.06. The highest BCUT2D eigenvalue weighted by Gasteiger charge is 2.27. The Labute approximate surface area is 109 Å². The maximum absolute atomic E-state index is 12.5. The molecule has 0 saturated heterocycles. The van der Waals surface area contributed by atoms with Gasteiger partial charge in [0.25, 0.3) is 0 Å². The highest BCUT2D eigenvalue weighted by Crippen LogP contribution is 2.22. The van der Waals surface area contributed by atoms with E-state index in [0.29, 0.717) is 17.7 Å². The number of nitrogens with zero attached hydrogens (tertiary/aromatic N) is 1. The highest BCUT2D eigenvalue weighted by molar-refractivity contribution is 7.89. The molecule has 0 aliphatic carbocycles. The molecule has 0 heterocycles. The number of aliphatic hydroxyl groups is 1. The van der Waals surface area contributed by atoms with Gasteiger partial charge in [0.15, 0.2) is 0 Å². The minimum absolute atomic E-state index is 0.0859. The monoisotopic (exact) mass is 271 g/mol. The molecule has 1 N–H and O–H groups in total. The Balaban J connectivity index is 3.35. The molecule has 4 nitrogen and oxygen atoms in total. The lowest BCUT2D eigenvalue weighted by atomic mass is 10.2. The van der Waals surface area contributed by atoms with Crippen molar-refractivity contribution in [2.24, 2.45) is 0 Å². The molecule has 1 rings (SSSR count). The molecule has 0 fully saturated rings. The zero-order valence-corrected chi connectivity index (χ0v) is 12.2. The van der Waals surface area contributed by atoms with Gasteiger partial charge in [0.1, 0.15) is 0 Å². The van der Waals surface area contributed by atoms with E-state index >= 15 is 0 Å². The first kappa shape index (κ1) is 15.1. The van der Waals surface area contributed by atoms with E-state index in [-0.39, 0.29) is 17.5 Å². The van der Waals surface area contributed by atoms with E-state index in [0.717, 1.165) is 0 Å². The van der Waals surface area contributed by atoms with Crippen molar-refractivity contribution in [1.82, 2.24) is 4.31 Å². The second-order valence-electron chi connectivity index (χ2n) is 4.56. The van der Waals surface area contributed by atoms with E-state index < -0.39 is 10.0 Å². The van der Waals surface area contributed by atoms with E-state index in [4.69, 9.17) is 5.11 Å². The average Bonchev–Trinajstić information content (AvgIpc) is 2.29. The quantitative estimate of drug-likeness (QED) is 0.890. The molecule has 18 heavy (non-hydrogen) atoms. The van der Waals surface area contributed by atoms with Crippen molar-refractivity contribution in [3.05, 3.63) is 29.3 Å². The Kier molecular flexibility index (Phi) is 4.90. The normalized spacial score (nSPS) is 12.4. The largest absolute Gasteiger partial charge is 0.392 e. The van der Waals surface area contributed by atoms with Gasteiger partial charge in [0.05, 0.1) is 11.5 Å². The Morgan fingerprint density at radius 1 is 1.33 bits per heavy atom. The van der Waals surface area contributed by atoms with Gasteiger partial charge in [-0.25, -0.2) is 8.42 Å². The first-order chi connectivity index (χ1) is 8.34. The van der Waals surface area contributed by atoms with Crippen LogP contribution in [-0.2, 0) is 16.6 Å². The molecule has 1 aromatic carbocycles. The summed E-state index contributed by atoms with van der Waals surface area (Å²) in [5.74, 6) is 0. The van der Waals surface area contributed by atoms with Gasteiger partial charge < -0.3 is 5.11 Å². The number of benzene rings is 1. The summed E-state index contributed by atoms with van der Waals surface area (Å²) in [6, 6.07) is 4.93. The first-order valence-corrected chi connectivity index (χ1v) is 7.50. The van der Waals surface area contributed by atoms with Crippen molar-refractivity contribution in [3.8, 4) is 0 Å². The van der Waals surface area contributed by atoms with Crippen LogP contribution in [0.5, 0.6) is 0 Å². The summed E-state index contributed by atoms with van der Waals surface area (Å²) in [6.45, 7) is 7.57. The second kappa shape index (κ2) is 5.82. The molecule has 5 heteroatoms. The van der Waals surface area contributed by atoms with Gasteiger partial charge in [-0.15, -0.1) is 0 Å². The summed E-state index contributed by atoms with van der Waals surface area (Å²) in [5, 5.41) is 9.12. The van der Waals surface area contributed by atoms with Gasteiger partial charge in [-0.3, -0.25) is 0 Å². The lowest BCUT2D eigenvalue weighted by Crippen LogP contribution is -2.37. The van der Waals surface area contributed by atoms with Crippen molar-refractivity contribution in [2.75, 3.05) is 6.54 Å². The van der Waals surface area contributed by atoms with Crippen LogP contribution in [0.25, 0.3) is 0 Å². The number of hydrogen-bond acceptors (Lipinski definition) is 3. The Morgan fingerprint density at radius 2 is 1.94 bits per heavy atom. The number of hydrogen-bond donors (Lipinski definition) is 1. The molecular formula is C13H21NO3S. The fraction of sp³-hybridized carbons (Fsp3) is 0.538. The fourth-order valence-corrected chi connectivity index (χ4v) is 3.88. The van der Waals surface area contributed by atoms with Crippen LogP contribution in [0.4, 0.5) is 0 Å². The zero-order valence-electron chi connectivity index (χ0n) is 11.3. The number of sulfonamides is 1. The van der Waals surface area contributed by atoms with Crippen molar-refractivity contribution in [2.45, 2.75) is 45.2 Å². The van der Waals surface area contributed by atoms with Gasteiger partial charge in [-0.05, 0) is 38.0 Å². The molecule has 0 aliphatic heterocycles. The van der Waals surface area contributed by atoms with Crippen LogP contribution in [0.2, 0.25) is 0 Å². The lowest BCUT2D eigenvalue weighted by Gasteiger charge is -2.25. The third-order valence-corrected chi connectivity index (χ3v) is 5.20. The number of rotatable bonds is 5. The van der Waals surface area contributed by atoms with Gasteiger partial charge in [-0.2, -0.15) is 4.31 Å². The van der Waals surface area contributed by atoms with Crippen molar-refractivity contribution in [1.29, 1.82) is 0 Å². The SMILES string of the molecule is CCN(C(C)C)S(=O)(=O)c1cc(CO)ccc1C. The molecule has 0 saturated carbocycles. The van der Waals surface area contributed by atoms with Crippen LogP contribution in [0, 0.1) is 6.92 Å². The van der Waals surface area contributed by atoms with Crippen molar-refractivity contribution < 1.29 is 13.5 Å². The molecule has 0 aliphatic rings. The maximum atomic E-state index is 12.5. The molecule has 0 aromatic heterocycles. The van der Waals surface area contributed by atoms with E-state index in [1.54, 1.807) is 25.1 Å². The van der Waals surface area contributed by atoms with Crippen LogP contribution < -0.4 is 0 Å². The molecule has 0 spiro atoms. The minimum atomic E-state index is -3.49. The highest BCUT2D eigenvalue weighted by atomic mass is 32.2. The summed E-state index contributed by atoms with van der Waals surface area (Å²) in [4.78, 5) is 0.282. The summed E-state index contributed by atoms with van der Waals surface area (Å²) >= 11 is 0. The van der Waals surface area contributed by atoms with E-state index in [1.165, 1.54) is 4.31 Å². The molecule has 0 amide bonds. The van der Waals surface area contributed by atoms with Gasteiger partial charge in [0.2, 0.25) is 10.0 Å². The molecular weight excluding hydrogens is 250 g/mol. The Morgan fingerprint density at radius 3 is 2.39 bits per heavy atom. The standard InChI is InChI=1S/C13H21NO3S/c1-5-14(10(2)3)18(16,17)13-8-12(9-15)7-6-11(13)4/h6-8,10,15H,5,9H2,1-4H3. The third kappa shape index (κ3) is 2.91. The summed E-state index contributed by atoms with van der Waals surface area (Å²) in [6.07, 6.45) is 0. The van der Waals surface area contributed by atoms with Crippen LogP contribution in [0.15, 0.2) is 23.1 Å². The molecule has 0 bridgehead atoms. The molecule has 102 valence electrons. The smallest absolute Gasteiger partial charge is 0.243 e. The predicted molar refractivity (Wildman–Crippen MR) is 71.8 cm³/mol. The van der Waals surface area contributed by atoms with Gasteiger partial charge in [-0.1, -0.05) is 19.1 Å². The average molecular weight is 271 g/mol. The number of aryl methyl sites for hydroxylation is 1. The predicted octanol–water partition coefficient (Wildman–Crippen LogP) is 1.91. The van der Waals surface area contributed by atoms with Crippen LogP contribution in [0.3, 0.4) is 0 Å². The van der Waals surface area contributed by atoms with Crippen molar-refractivity contribution in [3.63, 3.8) is 0 Å². The summed E-state index contributed by atoms with van der Waals surface area (Å²) in [5.41, 5.74) is 1.31. The Hall–Kier alpha value is -0.910. The van der Waals surface area contributed by atoms with Gasteiger partial charge >= 0.3 is 0 Å². The fourth-order valence-electron chi connectivity index (χ4n) is 1.96. The zero-order chi connectivity index (χ0) is 13.9. The second-order valence-corrected chi connectivity index (χ2v) is 6.42. The van der Waals surface area contributed by atoms with Crippen LogP contribution in [0.1, 0.15) is 31.9 Å². The topological polar surface area (TPSA) is 57.6 Å². The third-order valence-electron chi connectivity index (χ3n) is 2.91. The van der Waals surface area contributed by atoms with E-state index in [2.05, 4.69) is 0 Å². The summed E-state index contributed by atoms with van der Waals surface area (Å²) in [7, 11) is -3.49.